The lowest BCUT2D eigenvalue weighted by Gasteiger charge is -2.45. The van der Waals surface area contributed by atoms with Crippen molar-refractivity contribution in [2.45, 2.75) is 57.7 Å². The number of benzene rings is 1. The van der Waals surface area contributed by atoms with E-state index in [2.05, 4.69) is 17.2 Å². The standard InChI is InChI=1S/C27H27F4N5O2S/c1-4-15-8-9-26(12-16(15)5-2)24(38)35(18-10-20(27(29,30)31)22(13-32)34-14-18)25(39)36(26)17-6-7-19(21(28)11-17)23(37)33-3/h6-7,10-11,14-16H,4-5,8-9,12H2,1-3H3,(H,33,37). The summed E-state index contributed by atoms with van der Waals surface area (Å²) in [6, 6.07) is 6.00. The number of hydrogen-bond acceptors (Lipinski definition) is 5. The number of carbonyl (C=O) groups excluding carboxylic acids is 2. The van der Waals surface area contributed by atoms with E-state index in [4.69, 9.17) is 17.5 Å². The van der Waals surface area contributed by atoms with Gasteiger partial charge in [-0.1, -0.05) is 26.7 Å². The van der Waals surface area contributed by atoms with E-state index in [-0.39, 0.29) is 28.0 Å². The molecule has 2 heterocycles. The largest absolute Gasteiger partial charge is 0.419 e. The fourth-order valence-corrected chi connectivity index (χ4v) is 6.35. The van der Waals surface area contributed by atoms with Gasteiger partial charge in [0.05, 0.1) is 23.0 Å². The normalized spacial score (nSPS) is 23.3. The second kappa shape index (κ2) is 10.5. The highest BCUT2D eigenvalue weighted by Gasteiger charge is 2.59. The second-order valence-electron chi connectivity index (χ2n) is 9.81. The Morgan fingerprint density at radius 2 is 1.92 bits per heavy atom. The van der Waals surface area contributed by atoms with Gasteiger partial charge in [0.1, 0.15) is 17.4 Å². The van der Waals surface area contributed by atoms with Crippen LogP contribution in [0.3, 0.4) is 0 Å². The van der Waals surface area contributed by atoms with Crippen LogP contribution in [0, 0.1) is 29.0 Å². The zero-order valence-corrected chi connectivity index (χ0v) is 22.4. The van der Waals surface area contributed by atoms with E-state index in [1.165, 1.54) is 30.1 Å². The maximum absolute atomic E-state index is 15.1. The molecular weight excluding hydrogens is 534 g/mol. The first-order valence-corrected chi connectivity index (χ1v) is 13.0. The fraction of sp³-hybridized carbons (Fsp3) is 0.444. The first kappa shape index (κ1) is 28.4. The molecule has 2 fully saturated rings. The molecule has 1 spiro atoms. The summed E-state index contributed by atoms with van der Waals surface area (Å²) in [4.78, 5) is 32.5. The summed E-state index contributed by atoms with van der Waals surface area (Å²) in [7, 11) is 1.37. The number of nitrogens with one attached hydrogen (secondary N) is 1. The Hall–Kier alpha value is -3.59. The average Bonchev–Trinajstić information content (AvgIpc) is 3.12. The quantitative estimate of drug-likeness (QED) is 0.379. The first-order valence-electron chi connectivity index (χ1n) is 12.6. The molecule has 1 aliphatic heterocycles. The van der Waals surface area contributed by atoms with Crippen molar-refractivity contribution in [3.8, 4) is 6.07 Å². The Balaban J connectivity index is 1.89. The van der Waals surface area contributed by atoms with E-state index in [1.54, 1.807) is 0 Å². The number of alkyl halides is 3. The molecule has 2 aliphatic rings. The van der Waals surface area contributed by atoms with E-state index < -0.39 is 40.6 Å². The van der Waals surface area contributed by atoms with E-state index in [1.807, 2.05) is 6.92 Å². The monoisotopic (exact) mass is 561 g/mol. The summed E-state index contributed by atoms with van der Waals surface area (Å²) >= 11 is 5.69. The highest BCUT2D eigenvalue weighted by atomic mass is 32.1. The van der Waals surface area contributed by atoms with Crippen LogP contribution in [0.4, 0.5) is 28.9 Å². The maximum atomic E-state index is 15.1. The van der Waals surface area contributed by atoms with Crippen molar-refractivity contribution < 1.29 is 27.2 Å². The number of amides is 2. The molecule has 3 unspecified atom stereocenters. The average molecular weight is 562 g/mol. The lowest BCUT2D eigenvalue weighted by molar-refractivity contribution is -0.138. The third-order valence-electron chi connectivity index (χ3n) is 7.88. The third kappa shape index (κ3) is 4.73. The molecular formula is C27H27F4N5O2S. The van der Waals surface area contributed by atoms with Crippen molar-refractivity contribution in [3.05, 3.63) is 53.1 Å². The number of thiocarbonyl (C=S) groups is 1. The summed E-state index contributed by atoms with van der Waals surface area (Å²) in [5.74, 6) is -1.52. The SMILES string of the molecule is CCC1CCC2(CC1CC)C(=O)N(c1cnc(C#N)c(C(F)(F)F)c1)C(=S)N2c1ccc(C(=O)NC)c(F)c1. The van der Waals surface area contributed by atoms with E-state index in [9.17, 15) is 22.8 Å². The number of rotatable bonds is 5. The number of nitrogens with zero attached hydrogens (tertiary/aromatic N) is 4. The summed E-state index contributed by atoms with van der Waals surface area (Å²) in [5, 5.41) is 11.4. The van der Waals surface area contributed by atoms with Crippen LogP contribution in [0.1, 0.15) is 67.6 Å². The molecule has 1 aromatic carbocycles. The summed E-state index contributed by atoms with van der Waals surface area (Å²) in [6.45, 7) is 4.09. The van der Waals surface area contributed by atoms with Gasteiger partial charge in [-0.05, 0) is 67.6 Å². The van der Waals surface area contributed by atoms with Crippen molar-refractivity contribution in [3.63, 3.8) is 0 Å². The molecule has 7 nitrogen and oxygen atoms in total. The van der Waals surface area contributed by atoms with Gasteiger partial charge in [0.25, 0.3) is 11.8 Å². The molecule has 0 radical (unpaired) electrons. The Labute approximate surface area is 228 Å². The van der Waals surface area contributed by atoms with Gasteiger partial charge in [0.15, 0.2) is 10.8 Å². The molecule has 1 aromatic heterocycles. The van der Waals surface area contributed by atoms with Gasteiger partial charge in [0, 0.05) is 12.7 Å². The molecule has 4 rings (SSSR count). The summed E-state index contributed by atoms with van der Waals surface area (Å²) in [6.07, 6.45) is -0.805. The smallest absolute Gasteiger partial charge is 0.355 e. The van der Waals surface area contributed by atoms with Crippen molar-refractivity contribution in [1.82, 2.24) is 10.3 Å². The molecule has 1 saturated heterocycles. The van der Waals surface area contributed by atoms with Crippen LogP contribution >= 0.6 is 12.2 Å². The summed E-state index contributed by atoms with van der Waals surface area (Å²) in [5.41, 5.74) is -3.59. The van der Waals surface area contributed by atoms with Gasteiger partial charge in [0.2, 0.25) is 0 Å². The first-order chi connectivity index (χ1) is 18.4. The lowest BCUT2D eigenvalue weighted by Crippen LogP contribution is -2.54. The van der Waals surface area contributed by atoms with Crippen molar-refractivity contribution >= 4 is 40.5 Å². The van der Waals surface area contributed by atoms with Gasteiger partial charge in [-0.25, -0.2) is 9.37 Å². The molecule has 0 bridgehead atoms. The zero-order chi connectivity index (χ0) is 28.7. The summed E-state index contributed by atoms with van der Waals surface area (Å²) < 4.78 is 56.3. The number of halogens is 4. The lowest BCUT2D eigenvalue weighted by atomic mass is 9.67. The molecule has 2 aromatic rings. The minimum Gasteiger partial charge on any atom is -0.355 e. The number of aromatic nitrogens is 1. The number of carbonyl (C=O) groups is 2. The minimum atomic E-state index is -4.89. The van der Waals surface area contributed by atoms with Crippen LogP contribution in [0.25, 0.3) is 0 Å². The number of anilines is 2. The Morgan fingerprint density at radius 3 is 2.49 bits per heavy atom. The van der Waals surface area contributed by atoms with Crippen LogP contribution < -0.4 is 15.1 Å². The Kier molecular flexibility index (Phi) is 7.67. The molecule has 206 valence electrons. The molecule has 2 amide bonds. The van der Waals surface area contributed by atoms with Crippen molar-refractivity contribution in [1.29, 1.82) is 5.26 Å². The topological polar surface area (TPSA) is 89.3 Å². The van der Waals surface area contributed by atoms with Gasteiger partial charge in [-0.15, -0.1) is 0 Å². The van der Waals surface area contributed by atoms with Gasteiger partial charge < -0.3 is 10.2 Å². The number of pyridine rings is 1. The highest BCUT2D eigenvalue weighted by Crippen LogP contribution is 2.50. The van der Waals surface area contributed by atoms with Crippen LogP contribution in [-0.2, 0) is 11.0 Å². The van der Waals surface area contributed by atoms with Gasteiger partial charge in [-0.2, -0.15) is 18.4 Å². The Bertz CT molecular complexity index is 1370. The van der Waals surface area contributed by atoms with Crippen LogP contribution in [0.2, 0.25) is 0 Å². The van der Waals surface area contributed by atoms with E-state index in [0.717, 1.165) is 30.0 Å². The van der Waals surface area contributed by atoms with Crippen LogP contribution in [-0.4, -0.2) is 34.5 Å². The van der Waals surface area contributed by atoms with Gasteiger partial charge in [-0.3, -0.25) is 14.5 Å². The molecule has 3 atom stereocenters. The minimum absolute atomic E-state index is 0.123. The predicted molar refractivity (Wildman–Crippen MR) is 140 cm³/mol. The maximum Gasteiger partial charge on any atom is 0.419 e. The van der Waals surface area contributed by atoms with E-state index >= 15 is 4.39 Å². The van der Waals surface area contributed by atoms with Crippen LogP contribution in [0.15, 0.2) is 30.5 Å². The van der Waals surface area contributed by atoms with Crippen molar-refractivity contribution in [2.75, 3.05) is 16.8 Å². The number of hydrogen-bond donors (Lipinski definition) is 1. The third-order valence-corrected chi connectivity index (χ3v) is 8.25. The van der Waals surface area contributed by atoms with Gasteiger partial charge >= 0.3 is 6.18 Å². The van der Waals surface area contributed by atoms with E-state index in [0.29, 0.717) is 31.2 Å². The molecule has 1 N–H and O–H groups in total. The highest BCUT2D eigenvalue weighted by molar-refractivity contribution is 7.81. The van der Waals surface area contributed by atoms with Crippen molar-refractivity contribution in [2.24, 2.45) is 11.8 Å². The zero-order valence-electron chi connectivity index (χ0n) is 21.6. The molecule has 39 heavy (non-hydrogen) atoms. The number of nitriles is 1. The predicted octanol–water partition coefficient (Wildman–Crippen LogP) is 5.58. The fourth-order valence-electron chi connectivity index (χ4n) is 5.88. The second-order valence-corrected chi connectivity index (χ2v) is 10.2. The van der Waals surface area contributed by atoms with Crippen LogP contribution in [0.5, 0.6) is 0 Å². The Morgan fingerprint density at radius 1 is 1.23 bits per heavy atom. The molecule has 1 aliphatic carbocycles. The molecule has 12 heteroatoms. The molecule has 1 saturated carbocycles.